The molecule has 0 amide bonds. The minimum Gasteiger partial charge on any atom is -0.372 e. The summed E-state index contributed by atoms with van der Waals surface area (Å²) in [6.07, 6.45) is 5.23. The topological polar surface area (TPSA) is 44.3 Å². The summed E-state index contributed by atoms with van der Waals surface area (Å²) in [5, 5.41) is 3.25. The Morgan fingerprint density at radius 1 is 1.10 bits per heavy atom. The highest BCUT2D eigenvalue weighted by Crippen LogP contribution is 2.37. The maximum atomic E-state index is 4.96. The van der Waals surface area contributed by atoms with E-state index in [0.717, 1.165) is 37.9 Å². The van der Waals surface area contributed by atoms with Gasteiger partial charge in [0.2, 0.25) is 5.95 Å². The molecule has 116 valence electrons. The molecule has 3 rings (SSSR count). The number of anilines is 2. The van der Waals surface area contributed by atoms with E-state index in [2.05, 4.69) is 44.8 Å². The van der Waals surface area contributed by atoms with Crippen LogP contribution in [0, 0.1) is 3.57 Å². The van der Waals surface area contributed by atoms with Crippen LogP contribution in [0.1, 0.15) is 37.3 Å². The van der Waals surface area contributed by atoms with Gasteiger partial charge in [0.1, 0.15) is 5.82 Å². The van der Waals surface area contributed by atoms with E-state index in [0.29, 0.717) is 5.92 Å². The van der Waals surface area contributed by atoms with Crippen LogP contribution in [0.4, 0.5) is 11.8 Å². The first-order valence-electron chi connectivity index (χ1n) is 7.87. The number of nitrogens with one attached hydrogen (secondary N) is 1. The maximum absolute atomic E-state index is 4.96. The van der Waals surface area contributed by atoms with Crippen molar-refractivity contribution < 1.29 is 0 Å². The molecule has 0 radical (unpaired) electrons. The summed E-state index contributed by atoms with van der Waals surface area (Å²) in [5.74, 6) is 2.52. The molecule has 1 aliphatic heterocycles. The van der Waals surface area contributed by atoms with E-state index >= 15 is 0 Å². The fourth-order valence-electron chi connectivity index (χ4n) is 3.24. The third-order valence-electron chi connectivity index (χ3n) is 4.63. The van der Waals surface area contributed by atoms with Gasteiger partial charge in [-0.25, -0.2) is 4.98 Å². The van der Waals surface area contributed by atoms with Crippen molar-refractivity contribution in [2.24, 2.45) is 0 Å². The first-order chi connectivity index (χ1) is 10.2. The second-order valence-corrected chi connectivity index (χ2v) is 7.17. The van der Waals surface area contributed by atoms with Gasteiger partial charge in [0.25, 0.3) is 0 Å². The monoisotopic (exact) mass is 401 g/mol. The maximum Gasteiger partial charge on any atom is 0.227 e. The average Bonchev–Trinajstić information content (AvgIpc) is 3.02. The van der Waals surface area contributed by atoms with Crippen molar-refractivity contribution in [3.8, 4) is 0 Å². The zero-order valence-corrected chi connectivity index (χ0v) is 15.1. The highest BCUT2D eigenvalue weighted by molar-refractivity contribution is 14.1. The molecule has 0 unspecified atom stereocenters. The summed E-state index contributed by atoms with van der Waals surface area (Å²) in [7, 11) is 4.13. The van der Waals surface area contributed by atoms with Gasteiger partial charge < -0.3 is 15.1 Å². The van der Waals surface area contributed by atoms with Crippen molar-refractivity contribution >= 4 is 34.4 Å². The van der Waals surface area contributed by atoms with Crippen LogP contribution in [0.5, 0.6) is 0 Å². The SMILES string of the molecule is CNc1nc(N2CCN(C)CC2)nc(C2CCCC2)c1I. The lowest BCUT2D eigenvalue weighted by Crippen LogP contribution is -2.45. The molecule has 6 heteroatoms. The zero-order valence-electron chi connectivity index (χ0n) is 12.9. The Balaban J connectivity index is 1.91. The molecule has 0 aromatic carbocycles. The van der Waals surface area contributed by atoms with Crippen LogP contribution < -0.4 is 10.2 Å². The molecule has 1 aliphatic carbocycles. The lowest BCUT2D eigenvalue weighted by molar-refractivity contribution is 0.311. The molecule has 1 saturated carbocycles. The number of hydrogen-bond acceptors (Lipinski definition) is 5. The second kappa shape index (κ2) is 6.64. The first-order valence-corrected chi connectivity index (χ1v) is 8.95. The van der Waals surface area contributed by atoms with Crippen LogP contribution in [0.15, 0.2) is 0 Å². The summed E-state index contributed by atoms with van der Waals surface area (Å²) in [6, 6.07) is 0. The number of hydrogen-bond donors (Lipinski definition) is 1. The van der Waals surface area contributed by atoms with Crippen molar-refractivity contribution in [2.45, 2.75) is 31.6 Å². The van der Waals surface area contributed by atoms with Crippen molar-refractivity contribution in [1.29, 1.82) is 0 Å². The van der Waals surface area contributed by atoms with Crippen LogP contribution in [0.25, 0.3) is 0 Å². The first kappa shape index (κ1) is 15.3. The molecule has 1 aromatic rings. The molecule has 0 bridgehead atoms. The largest absolute Gasteiger partial charge is 0.372 e. The molecular formula is C15H24IN5. The van der Waals surface area contributed by atoms with Crippen LogP contribution in [-0.4, -0.2) is 55.1 Å². The summed E-state index contributed by atoms with van der Waals surface area (Å²) < 4.78 is 1.21. The number of likely N-dealkylation sites (N-methyl/N-ethyl adjacent to an activating group) is 1. The Bertz CT molecular complexity index is 493. The number of nitrogens with zero attached hydrogens (tertiary/aromatic N) is 4. The molecule has 2 fully saturated rings. The Hall–Kier alpha value is -0.630. The Morgan fingerprint density at radius 2 is 1.76 bits per heavy atom. The molecule has 5 nitrogen and oxygen atoms in total. The molecular weight excluding hydrogens is 377 g/mol. The zero-order chi connectivity index (χ0) is 14.8. The van der Waals surface area contributed by atoms with Crippen LogP contribution >= 0.6 is 22.6 Å². The van der Waals surface area contributed by atoms with Crippen molar-refractivity contribution in [1.82, 2.24) is 14.9 Å². The quantitative estimate of drug-likeness (QED) is 0.789. The highest BCUT2D eigenvalue weighted by Gasteiger charge is 2.25. The van der Waals surface area contributed by atoms with E-state index in [-0.39, 0.29) is 0 Å². The van der Waals surface area contributed by atoms with Gasteiger partial charge in [0.15, 0.2) is 0 Å². The van der Waals surface area contributed by atoms with Gasteiger partial charge >= 0.3 is 0 Å². The third kappa shape index (κ3) is 3.26. The van der Waals surface area contributed by atoms with Crippen LogP contribution in [-0.2, 0) is 0 Å². The van der Waals surface area contributed by atoms with Gasteiger partial charge in [0.05, 0.1) is 9.26 Å². The third-order valence-corrected chi connectivity index (χ3v) is 5.69. The lowest BCUT2D eigenvalue weighted by atomic mass is 10.0. The minimum absolute atomic E-state index is 0.623. The van der Waals surface area contributed by atoms with E-state index in [1.54, 1.807) is 0 Å². The summed E-state index contributed by atoms with van der Waals surface area (Å²) in [4.78, 5) is 14.4. The molecule has 0 atom stereocenters. The molecule has 2 aliphatic rings. The molecule has 2 heterocycles. The van der Waals surface area contributed by atoms with E-state index in [4.69, 9.17) is 9.97 Å². The second-order valence-electron chi connectivity index (χ2n) is 6.09. The predicted octanol–water partition coefficient (Wildman–Crippen LogP) is 2.53. The van der Waals surface area contributed by atoms with Gasteiger partial charge in [-0.15, -0.1) is 0 Å². The molecule has 21 heavy (non-hydrogen) atoms. The summed E-state index contributed by atoms with van der Waals surface area (Å²) in [5.41, 5.74) is 1.27. The van der Waals surface area contributed by atoms with Gasteiger partial charge in [-0.2, -0.15) is 4.98 Å². The molecule has 1 saturated heterocycles. The smallest absolute Gasteiger partial charge is 0.227 e. The van der Waals surface area contributed by atoms with Gasteiger partial charge in [0, 0.05) is 39.1 Å². The normalized spacial score (nSPS) is 21.0. The average molecular weight is 401 g/mol. The fourth-order valence-corrected chi connectivity index (χ4v) is 4.19. The lowest BCUT2D eigenvalue weighted by Gasteiger charge is -2.33. The molecule has 1 aromatic heterocycles. The van der Waals surface area contributed by atoms with E-state index < -0.39 is 0 Å². The fraction of sp³-hybridized carbons (Fsp3) is 0.733. The van der Waals surface area contributed by atoms with E-state index in [9.17, 15) is 0 Å². The van der Waals surface area contributed by atoms with Gasteiger partial charge in [-0.05, 0) is 42.5 Å². The summed E-state index contributed by atoms with van der Waals surface area (Å²) >= 11 is 2.41. The Morgan fingerprint density at radius 3 is 2.38 bits per heavy atom. The van der Waals surface area contributed by atoms with Crippen molar-refractivity contribution in [3.05, 3.63) is 9.26 Å². The number of halogens is 1. The van der Waals surface area contributed by atoms with Crippen molar-refractivity contribution in [3.63, 3.8) is 0 Å². The molecule has 1 N–H and O–H groups in total. The number of rotatable bonds is 3. The van der Waals surface area contributed by atoms with Crippen LogP contribution in [0.2, 0.25) is 0 Å². The van der Waals surface area contributed by atoms with Crippen LogP contribution in [0.3, 0.4) is 0 Å². The minimum atomic E-state index is 0.623. The Kier molecular flexibility index (Phi) is 4.83. The standard InChI is InChI=1S/C15H24IN5/c1-17-14-12(16)13(11-5-3-4-6-11)18-15(19-14)21-9-7-20(2)8-10-21/h11H,3-10H2,1-2H3,(H,17,18,19). The highest BCUT2D eigenvalue weighted by atomic mass is 127. The van der Waals surface area contributed by atoms with E-state index in [1.165, 1.54) is 34.9 Å². The number of aromatic nitrogens is 2. The molecule has 0 spiro atoms. The van der Waals surface area contributed by atoms with Gasteiger partial charge in [-0.1, -0.05) is 12.8 Å². The number of piperazine rings is 1. The summed E-state index contributed by atoms with van der Waals surface area (Å²) in [6.45, 7) is 4.21. The van der Waals surface area contributed by atoms with Crippen molar-refractivity contribution in [2.75, 3.05) is 50.5 Å². The van der Waals surface area contributed by atoms with E-state index in [1.807, 2.05) is 7.05 Å². The predicted molar refractivity (Wildman–Crippen MR) is 95.2 cm³/mol. The van der Waals surface area contributed by atoms with Gasteiger partial charge in [-0.3, -0.25) is 0 Å². The Labute approximate surface area is 140 Å².